The first-order valence-electron chi connectivity index (χ1n) is 16.2. The number of carbonyl (C=O) groups excluding carboxylic acids is 1. The maximum Gasteiger partial charge on any atom is 0.409 e. The molecule has 5 aromatic rings. The van der Waals surface area contributed by atoms with Crippen molar-refractivity contribution in [3.63, 3.8) is 0 Å². The number of benzene rings is 3. The summed E-state index contributed by atoms with van der Waals surface area (Å²) in [6, 6.07) is 19.0. The number of rotatable bonds is 11. The van der Waals surface area contributed by atoms with E-state index in [4.69, 9.17) is 18.9 Å². The molecule has 3 heterocycles. The quantitative estimate of drug-likeness (QED) is 0.163. The molecule has 0 radical (unpaired) electrons. The maximum absolute atomic E-state index is 16.3. The minimum Gasteiger partial charge on any atom is -0.497 e. The van der Waals surface area contributed by atoms with Gasteiger partial charge in [-0.05, 0) is 72.1 Å². The summed E-state index contributed by atoms with van der Waals surface area (Å²) in [7, 11) is -0.103. The number of sulfonamides is 1. The first kappa shape index (κ1) is 35.8. The summed E-state index contributed by atoms with van der Waals surface area (Å²) in [6.45, 7) is 2.51. The molecule has 6 rings (SSSR count). The van der Waals surface area contributed by atoms with Gasteiger partial charge in [-0.25, -0.2) is 27.0 Å². The van der Waals surface area contributed by atoms with E-state index in [1.165, 1.54) is 26.2 Å². The first-order chi connectivity index (χ1) is 24.5. The predicted molar refractivity (Wildman–Crippen MR) is 185 cm³/mol. The summed E-state index contributed by atoms with van der Waals surface area (Å²) in [4.78, 5) is 17.8. The van der Waals surface area contributed by atoms with Crippen LogP contribution in [0, 0.1) is 18.6 Å². The van der Waals surface area contributed by atoms with Crippen LogP contribution in [0.1, 0.15) is 22.4 Å². The molecule has 1 fully saturated rings. The minimum atomic E-state index is -4.46. The van der Waals surface area contributed by atoms with Crippen molar-refractivity contribution in [1.82, 2.24) is 18.6 Å². The SMILES string of the molecule is COC(=O)N1CCO[C@@H](Cc2c(-c3c(F)cc(S(=O)(=O)N(Cc4ccc(OC)cc4)Cc4ccc(OC)cc4)cc3F)nc3cc(C)ccn23)C1. The Morgan fingerprint density at radius 3 is 2.06 bits per heavy atom. The van der Waals surface area contributed by atoms with Crippen LogP contribution < -0.4 is 9.47 Å². The fraction of sp³-hybridized carbons (Fsp3) is 0.297. The van der Waals surface area contributed by atoms with Gasteiger partial charge in [0, 0.05) is 32.3 Å². The number of halogens is 2. The third kappa shape index (κ3) is 7.67. The highest BCUT2D eigenvalue weighted by Crippen LogP contribution is 2.34. The van der Waals surface area contributed by atoms with Crippen molar-refractivity contribution in [2.75, 3.05) is 41.0 Å². The van der Waals surface area contributed by atoms with E-state index in [-0.39, 0.29) is 38.4 Å². The van der Waals surface area contributed by atoms with Crippen molar-refractivity contribution < 1.29 is 40.9 Å². The van der Waals surface area contributed by atoms with Crippen LogP contribution >= 0.6 is 0 Å². The van der Waals surface area contributed by atoms with Gasteiger partial charge >= 0.3 is 6.09 Å². The zero-order chi connectivity index (χ0) is 36.3. The second kappa shape index (κ2) is 15.1. The maximum atomic E-state index is 16.3. The van der Waals surface area contributed by atoms with Crippen molar-refractivity contribution in [2.45, 2.75) is 37.4 Å². The van der Waals surface area contributed by atoms with Crippen molar-refractivity contribution in [1.29, 1.82) is 0 Å². The van der Waals surface area contributed by atoms with Crippen LogP contribution in [0.15, 0.2) is 83.9 Å². The monoisotopic (exact) mass is 720 g/mol. The normalized spacial score (nSPS) is 15.0. The van der Waals surface area contributed by atoms with Crippen LogP contribution in [-0.4, -0.2) is 80.2 Å². The van der Waals surface area contributed by atoms with E-state index in [9.17, 15) is 13.2 Å². The Balaban J connectivity index is 1.38. The summed E-state index contributed by atoms with van der Waals surface area (Å²) in [6.07, 6.45) is 0.887. The summed E-state index contributed by atoms with van der Waals surface area (Å²) in [5.74, 6) is -0.991. The molecule has 14 heteroatoms. The van der Waals surface area contributed by atoms with Crippen LogP contribution in [0.3, 0.4) is 0 Å². The van der Waals surface area contributed by atoms with Gasteiger partial charge in [-0.15, -0.1) is 0 Å². The third-order valence-corrected chi connectivity index (χ3v) is 10.6. The number of nitrogens with zero attached hydrogens (tertiary/aromatic N) is 4. The summed E-state index contributed by atoms with van der Waals surface area (Å²) >= 11 is 0. The van der Waals surface area contributed by atoms with E-state index in [1.807, 2.05) is 13.0 Å². The molecule has 0 saturated carbocycles. The molecule has 0 unspecified atom stereocenters. The number of morpholine rings is 1. The number of pyridine rings is 1. The number of hydrogen-bond acceptors (Lipinski definition) is 8. The Hall–Kier alpha value is -5.05. The molecule has 0 N–H and O–H groups in total. The second-order valence-electron chi connectivity index (χ2n) is 12.2. The molecular formula is C37H38F2N4O7S. The van der Waals surface area contributed by atoms with Crippen LogP contribution in [0.4, 0.5) is 13.6 Å². The Kier molecular flexibility index (Phi) is 10.6. The largest absolute Gasteiger partial charge is 0.497 e. The molecule has 1 atom stereocenters. The molecule has 0 aliphatic carbocycles. The van der Waals surface area contributed by atoms with E-state index < -0.39 is 44.3 Å². The Labute approximate surface area is 295 Å². The lowest BCUT2D eigenvalue weighted by Gasteiger charge is -2.32. The Morgan fingerprint density at radius 2 is 1.51 bits per heavy atom. The Morgan fingerprint density at radius 1 is 0.922 bits per heavy atom. The molecule has 1 amide bonds. The van der Waals surface area contributed by atoms with Crippen molar-refractivity contribution in [3.8, 4) is 22.8 Å². The lowest BCUT2D eigenvalue weighted by molar-refractivity contribution is -0.0241. The van der Waals surface area contributed by atoms with E-state index >= 15 is 8.78 Å². The highest BCUT2D eigenvalue weighted by atomic mass is 32.2. The average Bonchev–Trinajstić information content (AvgIpc) is 3.47. The van der Waals surface area contributed by atoms with Gasteiger partial charge in [0.1, 0.15) is 28.8 Å². The fourth-order valence-corrected chi connectivity index (χ4v) is 7.56. The highest BCUT2D eigenvalue weighted by molar-refractivity contribution is 7.89. The number of carbonyl (C=O) groups is 1. The standard InChI is InChI=1S/C37H38F2N4O7S/c1-24-13-14-43-33(18-29-23-41(15-16-50-29)37(44)49-4)36(40-34(43)17-24)35-31(38)19-30(20-32(35)39)51(45,46)42(21-25-5-9-27(47-2)10-6-25)22-26-7-11-28(48-3)12-8-26/h5-14,17,19-20,29H,15-16,18,21-23H2,1-4H3/t29-/m0/s1. The van der Waals surface area contributed by atoms with Gasteiger partial charge in [0.25, 0.3) is 0 Å². The summed E-state index contributed by atoms with van der Waals surface area (Å²) < 4.78 is 85.2. The van der Waals surface area contributed by atoms with Crippen LogP contribution in [0.5, 0.6) is 11.5 Å². The van der Waals surface area contributed by atoms with Gasteiger partial charge in [-0.1, -0.05) is 24.3 Å². The average molecular weight is 721 g/mol. The summed E-state index contributed by atoms with van der Waals surface area (Å²) in [5, 5.41) is 0. The lowest BCUT2D eigenvalue weighted by Crippen LogP contribution is -2.46. The molecule has 3 aromatic carbocycles. The number of methoxy groups -OCH3 is 3. The first-order valence-corrected chi connectivity index (χ1v) is 17.6. The zero-order valence-corrected chi connectivity index (χ0v) is 29.5. The molecule has 1 aliphatic rings. The molecule has 1 saturated heterocycles. The number of amides is 1. The molecule has 2 aromatic heterocycles. The van der Waals surface area contributed by atoms with E-state index in [0.717, 1.165) is 22.0 Å². The number of imidazole rings is 1. The molecule has 268 valence electrons. The second-order valence-corrected chi connectivity index (χ2v) is 14.1. The third-order valence-electron chi connectivity index (χ3n) is 8.80. The van der Waals surface area contributed by atoms with E-state index in [1.54, 1.807) is 65.2 Å². The van der Waals surface area contributed by atoms with Gasteiger partial charge < -0.3 is 28.2 Å². The number of fused-ring (bicyclic) bond motifs is 1. The van der Waals surface area contributed by atoms with E-state index in [0.29, 0.717) is 40.5 Å². The molecule has 1 aliphatic heterocycles. The van der Waals surface area contributed by atoms with Crippen molar-refractivity contribution in [2.24, 2.45) is 0 Å². The van der Waals surface area contributed by atoms with Crippen LogP contribution in [-0.2, 0) is 39.0 Å². The topological polar surface area (TPSA) is 112 Å². The summed E-state index contributed by atoms with van der Waals surface area (Å²) in [5.41, 5.74) is 2.59. The lowest BCUT2D eigenvalue weighted by atomic mass is 10.0. The molecule has 51 heavy (non-hydrogen) atoms. The number of aromatic nitrogens is 2. The fourth-order valence-electron chi connectivity index (χ4n) is 6.12. The smallest absolute Gasteiger partial charge is 0.409 e. The van der Waals surface area contributed by atoms with Gasteiger partial charge in [0.2, 0.25) is 10.0 Å². The van der Waals surface area contributed by atoms with Gasteiger partial charge in [0.05, 0.1) is 62.4 Å². The van der Waals surface area contributed by atoms with Gasteiger partial charge in [-0.3, -0.25) is 0 Å². The minimum absolute atomic E-state index is 0.00617. The molecule has 0 bridgehead atoms. The number of hydrogen-bond donors (Lipinski definition) is 0. The molecule has 11 nitrogen and oxygen atoms in total. The highest BCUT2D eigenvalue weighted by Gasteiger charge is 2.32. The van der Waals surface area contributed by atoms with Gasteiger partial charge in [0.15, 0.2) is 0 Å². The van der Waals surface area contributed by atoms with Gasteiger partial charge in [-0.2, -0.15) is 4.31 Å². The predicted octanol–water partition coefficient (Wildman–Crippen LogP) is 6.01. The van der Waals surface area contributed by atoms with Crippen molar-refractivity contribution in [3.05, 3.63) is 113 Å². The number of ether oxygens (including phenoxy) is 4. The van der Waals surface area contributed by atoms with Crippen molar-refractivity contribution >= 4 is 21.8 Å². The van der Waals surface area contributed by atoms with Crippen LogP contribution in [0.25, 0.3) is 16.9 Å². The zero-order valence-electron chi connectivity index (χ0n) is 28.6. The molecule has 0 spiro atoms. The van der Waals surface area contributed by atoms with E-state index in [2.05, 4.69) is 4.98 Å². The molecular weight excluding hydrogens is 682 g/mol. The Bertz CT molecular complexity index is 2070. The number of aryl methyl sites for hydroxylation is 1. The van der Waals surface area contributed by atoms with Crippen LogP contribution in [0.2, 0.25) is 0 Å².